The largest absolute Gasteiger partial charge is 0.397 e. The summed E-state index contributed by atoms with van der Waals surface area (Å²) < 4.78 is 0. The molecule has 1 unspecified atom stereocenters. The number of anilines is 2. The van der Waals surface area contributed by atoms with E-state index in [-0.39, 0.29) is 0 Å². The second-order valence-corrected chi connectivity index (χ2v) is 6.78. The van der Waals surface area contributed by atoms with Crippen molar-refractivity contribution in [3.8, 4) is 0 Å². The molecule has 1 heterocycles. The maximum Gasteiger partial charge on any atom is 0.0635 e. The summed E-state index contributed by atoms with van der Waals surface area (Å²) in [6.07, 6.45) is 11.3. The fourth-order valence-electron chi connectivity index (χ4n) is 4.83. The van der Waals surface area contributed by atoms with Gasteiger partial charge in [0.25, 0.3) is 0 Å². The molecule has 1 aromatic rings. The number of nitrogens with two attached hydrogens (primary N) is 1. The number of nitrogen functional groups attached to an aromatic ring is 1. The van der Waals surface area contributed by atoms with Crippen molar-refractivity contribution < 1.29 is 0 Å². The summed E-state index contributed by atoms with van der Waals surface area (Å²) in [5.74, 6) is 0. The molecule has 19 heavy (non-hydrogen) atoms. The highest BCUT2D eigenvalue weighted by Crippen LogP contribution is 2.56. The van der Waals surface area contributed by atoms with Crippen molar-refractivity contribution >= 4 is 11.4 Å². The molecule has 0 amide bonds. The summed E-state index contributed by atoms with van der Waals surface area (Å²) in [4.78, 5) is 2.67. The maximum atomic E-state index is 6.26. The lowest BCUT2D eigenvalue weighted by Gasteiger charge is -2.56. The maximum absolute atomic E-state index is 6.26. The van der Waals surface area contributed by atoms with Gasteiger partial charge < -0.3 is 10.6 Å². The van der Waals surface area contributed by atoms with Crippen molar-refractivity contribution in [3.05, 3.63) is 23.8 Å². The number of benzene rings is 1. The fraction of sp³-hybridized carbons (Fsp3) is 0.647. The Morgan fingerprint density at radius 1 is 1.11 bits per heavy atom. The summed E-state index contributed by atoms with van der Waals surface area (Å²) in [5, 5.41) is 0. The van der Waals surface area contributed by atoms with Crippen LogP contribution in [0.15, 0.2) is 18.2 Å². The topological polar surface area (TPSA) is 29.3 Å². The van der Waals surface area contributed by atoms with Gasteiger partial charge in [-0.1, -0.05) is 31.4 Å². The highest BCUT2D eigenvalue weighted by atomic mass is 15.2. The monoisotopic (exact) mass is 256 g/mol. The Kier molecular flexibility index (Phi) is 2.54. The molecular formula is C17H24N2. The van der Waals surface area contributed by atoms with E-state index in [0.717, 1.165) is 11.7 Å². The summed E-state index contributed by atoms with van der Waals surface area (Å²) >= 11 is 0. The Bertz CT molecular complexity index is 488. The zero-order valence-electron chi connectivity index (χ0n) is 11.7. The third kappa shape index (κ3) is 1.62. The van der Waals surface area contributed by atoms with E-state index in [9.17, 15) is 0 Å². The molecule has 1 aromatic carbocycles. The van der Waals surface area contributed by atoms with Crippen LogP contribution in [-0.2, 0) is 6.42 Å². The van der Waals surface area contributed by atoms with Gasteiger partial charge in [0.15, 0.2) is 0 Å². The van der Waals surface area contributed by atoms with E-state index in [0.29, 0.717) is 5.41 Å². The molecule has 0 aromatic heterocycles. The molecule has 2 aliphatic carbocycles. The van der Waals surface area contributed by atoms with Crippen LogP contribution in [0.3, 0.4) is 0 Å². The lowest BCUT2D eigenvalue weighted by atomic mass is 9.57. The zero-order chi connectivity index (χ0) is 12.9. The fourth-order valence-corrected chi connectivity index (χ4v) is 4.83. The molecule has 2 fully saturated rings. The molecule has 102 valence electrons. The molecule has 2 heteroatoms. The van der Waals surface area contributed by atoms with Crippen LogP contribution in [-0.4, -0.2) is 12.6 Å². The summed E-state index contributed by atoms with van der Waals surface area (Å²) in [6, 6.07) is 7.22. The minimum atomic E-state index is 0.641. The molecule has 0 radical (unpaired) electrons. The number of hydrogen-bond donors (Lipinski definition) is 1. The van der Waals surface area contributed by atoms with Gasteiger partial charge in [0, 0.05) is 12.6 Å². The van der Waals surface area contributed by atoms with E-state index in [1.165, 1.54) is 69.2 Å². The second kappa shape index (κ2) is 4.16. The minimum absolute atomic E-state index is 0.641. The predicted octanol–water partition coefficient (Wildman–Crippen LogP) is 3.74. The van der Waals surface area contributed by atoms with Crippen LogP contribution in [0, 0.1) is 5.41 Å². The number of hydrogen-bond acceptors (Lipinski definition) is 2. The van der Waals surface area contributed by atoms with E-state index < -0.39 is 0 Å². The van der Waals surface area contributed by atoms with Crippen molar-refractivity contribution in [2.24, 2.45) is 5.41 Å². The molecule has 2 nitrogen and oxygen atoms in total. The van der Waals surface area contributed by atoms with Crippen molar-refractivity contribution in [1.29, 1.82) is 0 Å². The number of rotatable bonds is 1. The van der Waals surface area contributed by atoms with Crippen molar-refractivity contribution in [2.45, 2.75) is 57.4 Å². The van der Waals surface area contributed by atoms with Crippen molar-refractivity contribution in [3.63, 3.8) is 0 Å². The Hall–Kier alpha value is -1.18. The summed E-state index contributed by atoms with van der Waals surface area (Å²) in [7, 11) is 0. The first kappa shape index (κ1) is 11.6. The molecule has 1 aliphatic heterocycles. The third-order valence-corrected chi connectivity index (χ3v) is 5.91. The van der Waals surface area contributed by atoms with E-state index in [4.69, 9.17) is 5.73 Å². The van der Waals surface area contributed by atoms with Gasteiger partial charge in [-0.2, -0.15) is 0 Å². The molecule has 0 saturated heterocycles. The first-order valence-corrected chi connectivity index (χ1v) is 7.94. The molecule has 2 saturated carbocycles. The van der Waals surface area contributed by atoms with Gasteiger partial charge in [0.1, 0.15) is 0 Å². The molecule has 1 atom stereocenters. The lowest BCUT2D eigenvalue weighted by molar-refractivity contribution is 0.0412. The molecule has 0 bridgehead atoms. The van der Waals surface area contributed by atoms with E-state index in [1.807, 2.05) is 0 Å². The number of nitrogens with zero attached hydrogens (tertiary/aromatic N) is 1. The van der Waals surface area contributed by atoms with Crippen LogP contribution in [0.1, 0.15) is 50.5 Å². The molecule has 4 rings (SSSR count). The van der Waals surface area contributed by atoms with Gasteiger partial charge in [0.2, 0.25) is 0 Å². The normalized spacial score (nSPS) is 28.2. The lowest BCUT2D eigenvalue weighted by Crippen LogP contribution is -2.56. The van der Waals surface area contributed by atoms with Crippen LogP contribution < -0.4 is 10.6 Å². The first-order valence-electron chi connectivity index (χ1n) is 7.94. The highest BCUT2D eigenvalue weighted by Gasteiger charge is 2.50. The van der Waals surface area contributed by atoms with Crippen molar-refractivity contribution in [2.75, 3.05) is 17.2 Å². The number of fused-ring (bicyclic) bond motifs is 1. The third-order valence-electron chi connectivity index (χ3n) is 5.91. The van der Waals surface area contributed by atoms with E-state index in [1.54, 1.807) is 0 Å². The Balaban J connectivity index is 1.65. The van der Waals surface area contributed by atoms with Gasteiger partial charge in [-0.3, -0.25) is 0 Å². The summed E-state index contributed by atoms with van der Waals surface area (Å²) in [5.41, 5.74) is 10.7. The van der Waals surface area contributed by atoms with E-state index in [2.05, 4.69) is 23.1 Å². The predicted molar refractivity (Wildman–Crippen MR) is 80.4 cm³/mol. The molecule has 2 N–H and O–H groups in total. The van der Waals surface area contributed by atoms with Gasteiger partial charge >= 0.3 is 0 Å². The highest BCUT2D eigenvalue weighted by molar-refractivity contribution is 5.75. The van der Waals surface area contributed by atoms with Crippen LogP contribution in [0.25, 0.3) is 0 Å². The SMILES string of the molecule is Nc1cccc2c1N(C1CCC13CCCCC3)CC2. The van der Waals surface area contributed by atoms with Crippen LogP contribution in [0.4, 0.5) is 11.4 Å². The average molecular weight is 256 g/mol. The number of para-hydroxylation sites is 1. The molecule has 1 spiro atoms. The molecular weight excluding hydrogens is 232 g/mol. The quantitative estimate of drug-likeness (QED) is 0.775. The minimum Gasteiger partial charge on any atom is -0.397 e. The van der Waals surface area contributed by atoms with Crippen molar-refractivity contribution in [1.82, 2.24) is 0 Å². The summed E-state index contributed by atoms with van der Waals surface area (Å²) in [6.45, 7) is 1.19. The Labute approximate surface area is 116 Å². The van der Waals surface area contributed by atoms with Crippen LogP contribution >= 0.6 is 0 Å². The Morgan fingerprint density at radius 2 is 1.95 bits per heavy atom. The second-order valence-electron chi connectivity index (χ2n) is 6.78. The average Bonchev–Trinajstić information content (AvgIpc) is 2.84. The van der Waals surface area contributed by atoms with Gasteiger partial charge in [0.05, 0.1) is 11.4 Å². The smallest absolute Gasteiger partial charge is 0.0635 e. The van der Waals surface area contributed by atoms with Crippen LogP contribution in [0.2, 0.25) is 0 Å². The standard InChI is InChI=1S/C17H24N2/c18-14-6-4-5-13-8-12-19(16(13)14)15-7-11-17(15)9-2-1-3-10-17/h4-6,15H,1-3,7-12,18H2. The van der Waals surface area contributed by atoms with Gasteiger partial charge in [-0.25, -0.2) is 0 Å². The zero-order valence-corrected chi connectivity index (χ0v) is 11.7. The van der Waals surface area contributed by atoms with Crippen LogP contribution in [0.5, 0.6) is 0 Å². The van der Waals surface area contributed by atoms with E-state index >= 15 is 0 Å². The Morgan fingerprint density at radius 3 is 2.68 bits per heavy atom. The van der Waals surface area contributed by atoms with Gasteiger partial charge in [-0.15, -0.1) is 0 Å². The molecule has 3 aliphatic rings. The first-order chi connectivity index (χ1) is 9.30. The van der Waals surface area contributed by atoms with Gasteiger partial charge in [-0.05, 0) is 49.1 Å².